The molecule has 0 aliphatic carbocycles. The van der Waals surface area contributed by atoms with Crippen LogP contribution in [0.2, 0.25) is 0 Å². The third kappa shape index (κ3) is 7.55. The number of halogens is 1. The monoisotopic (exact) mass is 460 g/mol. The van der Waals surface area contributed by atoms with Crippen molar-refractivity contribution in [3.05, 3.63) is 65.5 Å². The fourth-order valence-electron chi connectivity index (χ4n) is 3.23. The van der Waals surface area contributed by atoms with Crippen LogP contribution in [0.3, 0.4) is 0 Å². The van der Waals surface area contributed by atoms with Crippen molar-refractivity contribution in [3.8, 4) is 5.75 Å². The van der Waals surface area contributed by atoms with Gasteiger partial charge in [0, 0.05) is 18.3 Å². The van der Waals surface area contributed by atoms with E-state index in [-0.39, 0.29) is 29.4 Å². The van der Waals surface area contributed by atoms with Gasteiger partial charge >= 0.3 is 0 Å². The maximum Gasteiger partial charge on any atom is 0.243 e. The molecular formula is C25H33FN2O3S. The number of thioether (sulfide) groups is 1. The molecule has 1 N–H and O–H groups in total. The molecule has 0 aliphatic heterocycles. The van der Waals surface area contributed by atoms with E-state index in [4.69, 9.17) is 4.74 Å². The standard InChI is InChI=1S/C25H33FN2O3S/c1-5-18(3)27-25(30)23(6-2)28(15-19-11-13-21(31-4)14-12-19)24(29)17-32-16-20-9-7-8-10-22(20)26/h7-14,18,23H,5-6,15-17H2,1-4H3,(H,27,30)/t18-,23-/m1/s1. The molecule has 7 heteroatoms. The molecular weight excluding hydrogens is 427 g/mol. The first-order valence-corrected chi connectivity index (χ1v) is 12.1. The third-order valence-electron chi connectivity index (χ3n) is 5.34. The minimum absolute atomic E-state index is 0.0323. The minimum atomic E-state index is -0.576. The quantitative estimate of drug-likeness (QED) is 0.495. The third-order valence-corrected chi connectivity index (χ3v) is 6.31. The molecule has 0 saturated carbocycles. The van der Waals surface area contributed by atoms with Crippen molar-refractivity contribution in [1.82, 2.24) is 10.2 Å². The lowest BCUT2D eigenvalue weighted by Crippen LogP contribution is -2.51. The molecule has 2 rings (SSSR count). The summed E-state index contributed by atoms with van der Waals surface area (Å²) in [5.74, 6) is 0.717. The van der Waals surface area contributed by atoms with Crippen molar-refractivity contribution in [2.24, 2.45) is 0 Å². The Balaban J connectivity index is 2.15. The molecule has 2 amide bonds. The fraction of sp³-hybridized carbons (Fsp3) is 0.440. The summed E-state index contributed by atoms with van der Waals surface area (Å²) in [6.45, 7) is 6.17. The van der Waals surface area contributed by atoms with Crippen LogP contribution in [0.5, 0.6) is 5.75 Å². The van der Waals surface area contributed by atoms with Gasteiger partial charge in [0.15, 0.2) is 0 Å². The molecule has 32 heavy (non-hydrogen) atoms. The van der Waals surface area contributed by atoms with Gasteiger partial charge in [-0.15, -0.1) is 11.8 Å². The van der Waals surface area contributed by atoms with Crippen LogP contribution in [-0.4, -0.2) is 41.7 Å². The first kappa shape index (κ1) is 25.7. The van der Waals surface area contributed by atoms with Gasteiger partial charge in [-0.25, -0.2) is 4.39 Å². The Kier molecular flexibility index (Phi) is 10.5. The van der Waals surface area contributed by atoms with Crippen molar-refractivity contribution in [3.63, 3.8) is 0 Å². The van der Waals surface area contributed by atoms with E-state index in [2.05, 4.69) is 5.32 Å². The number of hydrogen-bond donors (Lipinski definition) is 1. The molecule has 2 atom stereocenters. The largest absolute Gasteiger partial charge is 0.497 e. The van der Waals surface area contributed by atoms with Crippen molar-refractivity contribution >= 4 is 23.6 Å². The molecule has 2 aromatic rings. The number of benzene rings is 2. The predicted octanol–water partition coefficient (Wildman–Crippen LogP) is 4.79. The number of nitrogens with zero attached hydrogens (tertiary/aromatic N) is 1. The van der Waals surface area contributed by atoms with Gasteiger partial charge < -0.3 is 15.0 Å². The first-order valence-electron chi connectivity index (χ1n) is 10.9. The average Bonchev–Trinajstić information content (AvgIpc) is 2.80. The summed E-state index contributed by atoms with van der Waals surface area (Å²) in [4.78, 5) is 27.8. The summed E-state index contributed by atoms with van der Waals surface area (Å²) in [7, 11) is 1.60. The summed E-state index contributed by atoms with van der Waals surface area (Å²) >= 11 is 1.35. The van der Waals surface area contributed by atoms with Crippen LogP contribution in [0, 0.1) is 5.82 Å². The molecule has 2 aromatic carbocycles. The van der Waals surface area contributed by atoms with E-state index in [0.717, 1.165) is 17.7 Å². The smallest absolute Gasteiger partial charge is 0.243 e. The molecule has 0 unspecified atom stereocenters. The lowest BCUT2D eigenvalue weighted by Gasteiger charge is -2.31. The number of amides is 2. The minimum Gasteiger partial charge on any atom is -0.497 e. The molecule has 0 bridgehead atoms. The maximum atomic E-state index is 13.9. The van der Waals surface area contributed by atoms with Crippen LogP contribution < -0.4 is 10.1 Å². The number of methoxy groups -OCH3 is 1. The molecule has 0 spiro atoms. The van der Waals surface area contributed by atoms with Gasteiger partial charge in [0.05, 0.1) is 12.9 Å². The Hall–Kier alpha value is -2.54. The zero-order valence-corrected chi connectivity index (χ0v) is 20.1. The first-order chi connectivity index (χ1) is 15.4. The highest BCUT2D eigenvalue weighted by atomic mass is 32.2. The summed E-state index contributed by atoms with van der Waals surface area (Å²) < 4.78 is 19.1. The van der Waals surface area contributed by atoms with Crippen LogP contribution >= 0.6 is 11.8 Å². The van der Waals surface area contributed by atoms with Crippen molar-refractivity contribution in [2.45, 2.75) is 58.0 Å². The lowest BCUT2D eigenvalue weighted by atomic mass is 10.1. The van der Waals surface area contributed by atoms with E-state index in [9.17, 15) is 14.0 Å². The number of rotatable bonds is 12. The second-order valence-electron chi connectivity index (χ2n) is 7.70. The van der Waals surface area contributed by atoms with Crippen LogP contribution in [-0.2, 0) is 21.9 Å². The van der Waals surface area contributed by atoms with Crippen LogP contribution in [0.15, 0.2) is 48.5 Å². The summed E-state index contributed by atoms with van der Waals surface area (Å²) in [5.41, 5.74) is 1.47. The SMILES string of the molecule is CC[C@@H](C)NC(=O)[C@@H](CC)N(Cc1ccc(OC)cc1)C(=O)CSCc1ccccc1F. The molecule has 174 valence electrons. The highest BCUT2D eigenvalue weighted by Crippen LogP contribution is 2.20. The highest BCUT2D eigenvalue weighted by Gasteiger charge is 2.29. The lowest BCUT2D eigenvalue weighted by molar-refractivity contribution is -0.139. The summed E-state index contributed by atoms with van der Waals surface area (Å²) in [6, 6.07) is 13.5. The molecule has 0 aromatic heterocycles. The number of carbonyl (C=O) groups excluding carboxylic acids is 2. The van der Waals surface area contributed by atoms with Gasteiger partial charge in [-0.3, -0.25) is 9.59 Å². The number of ether oxygens (including phenoxy) is 1. The normalized spacial score (nSPS) is 12.7. The molecule has 0 aliphatic rings. The second-order valence-corrected chi connectivity index (χ2v) is 8.68. The van der Waals surface area contributed by atoms with Gasteiger partial charge in [0.25, 0.3) is 0 Å². The Morgan fingerprint density at radius 3 is 2.38 bits per heavy atom. The van der Waals surface area contributed by atoms with E-state index in [1.165, 1.54) is 17.8 Å². The topological polar surface area (TPSA) is 58.6 Å². The molecule has 0 radical (unpaired) electrons. The summed E-state index contributed by atoms with van der Waals surface area (Å²) in [6.07, 6.45) is 1.31. The van der Waals surface area contributed by atoms with Crippen molar-refractivity contribution < 1.29 is 18.7 Å². The van der Waals surface area contributed by atoms with Gasteiger partial charge in [-0.05, 0) is 49.1 Å². The molecule has 5 nitrogen and oxygen atoms in total. The number of nitrogens with one attached hydrogen (secondary N) is 1. The Morgan fingerprint density at radius 2 is 1.78 bits per heavy atom. The van der Waals surface area contributed by atoms with Crippen molar-refractivity contribution in [1.29, 1.82) is 0 Å². The molecule has 0 fully saturated rings. The van der Waals surface area contributed by atoms with Crippen LogP contribution in [0.4, 0.5) is 4.39 Å². The van der Waals surface area contributed by atoms with E-state index < -0.39 is 6.04 Å². The molecule has 0 saturated heterocycles. The van der Waals surface area contributed by atoms with Gasteiger partial charge in [-0.1, -0.05) is 44.2 Å². The average molecular weight is 461 g/mol. The Morgan fingerprint density at radius 1 is 1.09 bits per heavy atom. The van der Waals surface area contributed by atoms with Crippen LogP contribution in [0.25, 0.3) is 0 Å². The summed E-state index contributed by atoms with van der Waals surface area (Å²) in [5, 5.41) is 3.00. The van der Waals surface area contributed by atoms with E-state index in [1.54, 1.807) is 30.2 Å². The predicted molar refractivity (Wildman–Crippen MR) is 128 cm³/mol. The number of carbonyl (C=O) groups is 2. The van der Waals surface area contributed by atoms with E-state index in [1.807, 2.05) is 45.0 Å². The van der Waals surface area contributed by atoms with Crippen LogP contribution in [0.1, 0.15) is 44.7 Å². The maximum absolute atomic E-state index is 13.9. The Bertz CT molecular complexity index is 876. The van der Waals surface area contributed by atoms with Gasteiger partial charge in [0.1, 0.15) is 17.6 Å². The Labute approximate surface area is 194 Å². The zero-order valence-electron chi connectivity index (χ0n) is 19.3. The van der Waals surface area contributed by atoms with E-state index in [0.29, 0.717) is 24.3 Å². The zero-order chi connectivity index (χ0) is 23.5. The van der Waals surface area contributed by atoms with Crippen molar-refractivity contribution in [2.75, 3.05) is 12.9 Å². The number of hydrogen-bond acceptors (Lipinski definition) is 4. The highest BCUT2D eigenvalue weighted by molar-refractivity contribution is 7.99. The fourth-order valence-corrected chi connectivity index (χ4v) is 4.13. The van der Waals surface area contributed by atoms with E-state index >= 15 is 0 Å². The van der Waals surface area contributed by atoms with Gasteiger partial charge in [-0.2, -0.15) is 0 Å². The molecule has 0 heterocycles. The second kappa shape index (κ2) is 13.1. The van der Waals surface area contributed by atoms with Gasteiger partial charge in [0.2, 0.25) is 11.8 Å².